The third-order valence-corrected chi connectivity index (χ3v) is 2.10. The summed E-state index contributed by atoms with van der Waals surface area (Å²) in [5.41, 5.74) is 6.38. The summed E-state index contributed by atoms with van der Waals surface area (Å²) in [5.74, 6) is 0.951. The molecule has 0 saturated heterocycles. The highest BCUT2D eigenvalue weighted by Crippen LogP contribution is 2.18. The summed E-state index contributed by atoms with van der Waals surface area (Å²) in [6, 6.07) is 1.75. The topological polar surface area (TPSA) is 38.9 Å². The Bertz CT molecular complexity index is 239. The molecule has 4 heteroatoms. The minimum Gasteiger partial charge on any atom is -0.384 e. The van der Waals surface area contributed by atoms with Crippen LogP contribution in [0.5, 0.6) is 0 Å². The van der Waals surface area contributed by atoms with Crippen molar-refractivity contribution in [2.24, 2.45) is 0 Å². The second-order valence-electron chi connectivity index (χ2n) is 1.83. The van der Waals surface area contributed by atoms with Crippen molar-refractivity contribution in [2.45, 2.75) is 5.88 Å². The number of hydrogen-bond donors (Lipinski definition) is 1. The average Bonchev–Trinajstić information content (AvgIpc) is 1.94. The number of halogens is 2. The van der Waals surface area contributed by atoms with Crippen molar-refractivity contribution in [1.29, 1.82) is 0 Å². The predicted octanol–water partition coefficient (Wildman–Crippen LogP) is 2.17. The number of anilines is 1. The average molecular weight is 221 g/mol. The summed E-state index contributed by atoms with van der Waals surface area (Å²) in [6.45, 7) is 0. The number of alkyl halides is 1. The first kappa shape index (κ1) is 7.82. The number of hydrogen-bond acceptors (Lipinski definition) is 2. The largest absolute Gasteiger partial charge is 0.384 e. The van der Waals surface area contributed by atoms with Crippen LogP contribution in [0, 0.1) is 0 Å². The molecule has 0 aromatic carbocycles. The smallest absolute Gasteiger partial charge is 0.123 e. The van der Waals surface area contributed by atoms with Crippen molar-refractivity contribution in [3.63, 3.8) is 0 Å². The van der Waals surface area contributed by atoms with E-state index in [1.165, 1.54) is 0 Å². The maximum atomic E-state index is 5.59. The van der Waals surface area contributed by atoms with Crippen LogP contribution in [-0.4, -0.2) is 4.98 Å². The fraction of sp³-hybridized carbons (Fsp3) is 0.167. The fourth-order valence-electron chi connectivity index (χ4n) is 0.601. The number of nitrogens with zero attached hydrogens (tertiary/aromatic N) is 1. The lowest BCUT2D eigenvalue weighted by atomic mass is 10.3. The normalized spacial score (nSPS) is 9.80. The molecule has 0 saturated carbocycles. The maximum absolute atomic E-state index is 5.59. The lowest BCUT2D eigenvalue weighted by molar-refractivity contribution is 1.25. The highest BCUT2D eigenvalue weighted by molar-refractivity contribution is 9.10. The zero-order chi connectivity index (χ0) is 7.56. The highest BCUT2D eigenvalue weighted by atomic mass is 79.9. The van der Waals surface area contributed by atoms with Crippen molar-refractivity contribution >= 4 is 33.3 Å². The Morgan fingerprint density at radius 1 is 1.70 bits per heavy atom. The maximum Gasteiger partial charge on any atom is 0.123 e. The molecule has 2 nitrogen and oxygen atoms in total. The molecule has 1 aromatic rings. The molecule has 0 aliphatic rings. The van der Waals surface area contributed by atoms with Gasteiger partial charge in [-0.25, -0.2) is 4.98 Å². The molecular weight excluding hydrogens is 215 g/mol. The first-order valence-corrected chi connectivity index (χ1v) is 4.02. The van der Waals surface area contributed by atoms with Crippen LogP contribution in [0.2, 0.25) is 0 Å². The van der Waals surface area contributed by atoms with Crippen LogP contribution in [-0.2, 0) is 5.88 Å². The third-order valence-electron chi connectivity index (χ3n) is 1.10. The molecule has 2 N–H and O–H groups in total. The van der Waals surface area contributed by atoms with Gasteiger partial charge in [0.15, 0.2) is 0 Å². The third kappa shape index (κ3) is 1.61. The second kappa shape index (κ2) is 3.21. The summed E-state index contributed by atoms with van der Waals surface area (Å²) in [7, 11) is 0. The van der Waals surface area contributed by atoms with Gasteiger partial charge in [-0.2, -0.15) is 0 Å². The molecule has 0 atom stereocenters. The first-order chi connectivity index (χ1) is 4.74. The standard InChI is InChI=1S/C6H6BrClN2/c7-5-3-10-6(9)1-4(5)2-8/h1,3H,2H2,(H2,9,10). The quantitative estimate of drug-likeness (QED) is 0.738. The Balaban J connectivity index is 3.09. The predicted molar refractivity (Wildman–Crippen MR) is 45.9 cm³/mol. The lowest BCUT2D eigenvalue weighted by Gasteiger charge is -1.98. The summed E-state index contributed by atoms with van der Waals surface area (Å²) >= 11 is 8.88. The van der Waals surface area contributed by atoms with E-state index in [0.29, 0.717) is 11.7 Å². The summed E-state index contributed by atoms with van der Waals surface area (Å²) < 4.78 is 0.900. The molecule has 54 valence electrons. The minimum absolute atomic E-state index is 0.452. The SMILES string of the molecule is Nc1cc(CCl)c(Br)cn1. The van der Waals surface area contributed by atoms with E-state index in [1.807, 2.05) is 0 Å². The number of pyridine rings is 1. The molecule has 0 fully saturated rings. The van der Waals surface area contributed by atoms with Gasteiger partial charge in [-0.1, -0.05) is 0 Å². The number of nitrogen functional groups attached to an aromatic ring is 1. The molecule has 1 rings (SSSR count). The Kier molecular flexibility index (Phi) is 2.51. The molecule has 1 aromatic heterocycles. The van der Waals surface area contributed by atoms with Gasteiger partial charge < -0.3 is 5.73 Å². The van der Waals surface area contributed by atoms with Crippen molar-refractivity contribution in [3.05, 3.63) is 22.3 Å². The van der Waals surface area contributed by atoms with Gasteiger partial charge in [0.2, 0.25) is 0 Å². The van der Waals surface area contributed by atoms with Gasteiger partial charge in [-0.3, -0.25) is 0 Å². The van der Waals surface area contributed by atoms with E-state index in [-0.39, 0.29) is 0 Å². The van der Waals surface area contributed by atoms with Crippen LogP contribution in [0.3, 0.4) is 0 Å². The number of aromatic nitrogens is 1. The molecule has 0 unspecified atom stereocenters. The molecule has 1 heterocycles. The minimum atomic E-state index is 0.452. The van der Waals surface area contributed by atoms with Crippen LogP contribution in [0.1, 0.15) is 5.56 Å². The Morgan fingerprint density at radius 2 is 2.40 bits per heavy atom. The highest BCUT2D eigenvalue weighted by Gasteiger charge is 1.97. The van der Waals surface area contributed by atoms with E-state index in [2.05, 4.69) is 20.9 Å². The van der Waals surface area contributed by atoms with Gasteiger partial charge >= 0.3 is 0 Å². The van der Waals surface area contributed by atoms with Crippen molar-refractivity contribution < 1.29 is 0 Å². The molecule has 10 heavy (non-hydrogen) atoms. The number of nitrogens with two attached hydrogens (primary N) is 1. The molecule has 0 spiro atoms. The van der Waals surface area contributed by atoms with Crippen molar-refractivity contribution in [2.75, 3.05) is 5.73 Å². The van der Waals surface area contributed by atoms with Crippen molar-refractivity contribution in [1.82, 2.24) is 4.98 Å². The van der Waals surface area contributed by atoms with Crippen LogP contribution in [0.4, 0.5) is 5.82 Å². The summed E-state index contributed by atoms with van der Waals surface area (Å²) in [4.78, 5) is 3.86. The van der Waals surface area contributed by atoms with E-state index in [9.17, 15) is 0 Å². The van der Waals surface area contributed by atoms with E-state index >= 15 is 0 Å². The van der Waals surface area contributed by atoms with Gasteiger partial charge in [-0.15, -0.1) is 11.6 Å². The molecule has 0 aliphatic carbocycles. The zero-order valence-corrected chi connectivity index (χ0v) is 7.48. The van der Waals surface area contributed by atoms with Gasteiger partial charge in [0.25, 0.3) is 0 Å². The Labute approximate surface area is 72.5 Å². The molecule has 0 amide bonds. The molecule has 0 radical (unpaired) electrons. The first-order valence-electron chi connectivity index (χ1n) is 2.70. The van der Waals surface area contributed by atoms with E-state index < -0.39 is 0 Å². The monoisotopic (exact) mass is 220 g/mol. The van der Waals surface area contributed by atoms with E-state index in [0.717, 1.165) is 10.0 Å². The van der Waals surface area contributed by atoms with Gasteiger partial charge in [0.05, 0.1) is 0 Å². The van der Waals surface area contributed by atoms with Crippen LogP contribution in [0.15, 0.2) is 16.7 Å². The van der Waals surface area contributed by atoms with Gasteiger partial charge in [0, 0.05) is 16.5 Å². The van der Waals surface area contributed by atoms with Gasteiger partial charge in [-0.05, 0) is 27.6 Å². The Hall–Kier alpha value is -0.280. The fourth-order valence-corrected chi connectivity index (χ4v) is 1.34. The van der Waals surface area contributed by atoms with Crippen molar-refractivity contribution in [3.8, 4) is 0 Å². The van der Waals surface area contributed by atoms with E-state index in [4.69, 9.17) is 17.3 Å². The van der Waals surface area contributed by atoms with Crippen LogP contribution in [0.25, 0.3) is 0 Å². The molecule has 0 aliphatic heterocycles. The van der Waals surface area contributed by atoms with Crippen LogP contribution < -0.4 is 5.73 Å². The van der Waals surface area contributed by atoms with Crippen LogP contribution >= 0.6 is 27.5 Å². The summed E-state index contributed by atoms with van der Waals surface area (Å²) in [6.07, 6.45) is 1.65. The lowest BCUT2D eigenvalue weighted by Crippen LogP contribution is -1.91. The summed E-state index contributed by atoms with van der Waals surface area (Å²) in [5, 5.41) is 0. The molecular formula is C6H6BrClN2. The van der Waals surface area contributed by atoms with Gasteiger partial charge in [0.1, 0.15) is 5.82 Å². The zero-order valence-electron chi connectivity index (χ0n) is 5.14. The second-order valence-corrected chi connectivity index (χ2v) is 2.96. The Morgan fingerprint density at radius 3 is 2.90 bits per heavy atom. The molecule has 0 bridgehead atoms. The van der Waals surface area contributed by atoms with E-state index in [1.54, 1.807) is 12.3 Å². The number of rotatable bonds is 1.